The van der Waals surface area contributed by atoms with E-state index in [4.69, 9.17) is 9.15 Å². The van der Waals surface area contributed by atoms with E-state index >= 15 is 0 Å². The first-order valence-corrected chi connectivity index (χ1v) is 10.8. The molecule has 0 saturated carbocycles. The lowest BCUT2D eigenvalue weighted by atomic mass is 9.96. The molecular formula is C30H22O3. The zero-order valence-electron chi connectivity index (χ0n) is 18.2. The predicted molar refractivity (Wildman–Crippen MR) is 133 cm³/mol. The van der Waals surface area contributed by atoms with Crippen LogP contribution in [0, 0.1) is 0 Å². The number of rotatable bonds is 6. The summed E-state index contributed by atoms with van der Waals surface area (Å²) >= 11 is 0. The molecule has 0 amide bonds. The van der Waals surface area contributed by atoms with Crippen LogP contribution in [-0.2, 0) is 0 Å². The summed E-state index contributed by atoms with van der Waals surface area (Å²) in [5.41, 5.74) is 5.09. The Morgan fingerprint density at radius 2 is 1.39 bits per heavy atom. The number of ketones is 1. The van der Waals surface area contributed by atoms with Gasteiger partial charge in [0.15, 0.2) is 5.78 Å². The molecule has 0 spiro atoms. The zero-order valence-corrected chi connectivity index (χ0v) is 18.2. The number of carbonyl (C=O) groups excluding carboxylic acids is 1. The van der Waals surface area contributed by atoms with Crippen molar-refractivity contribution in [3.8, 4) is 28.2 Å². The summed E-state index contributed by atoms with van der Waals surface area (Å²) in [6.07, 6.45) is 3.40. The average Bonchev–Trinajstić information content (AvgIpc) is 3.26. The molecule has 5 rings (SSSR count). The van der Waals surface area contributed by atoms with Crippen molar-refractivity contribution in [2.75, 3.05) is 7.11 Å². The second-order valence-electron chi connectivity index (χ2n) is 7.70. The number of benzene rings is 4. The highest BCUT2D eigenvalue weighted by Crippen LogP contribution is 2.42. The third kappa shape index (κ3) is 4.09. The Hall–Kier alpha value is -4.37. The molecule has 0 unspecified atom stereocenters. The van der Waals surface area contributed by atoms with Gasteiger partial charge in [0.2, 0.25) is 0 Å². The van der Waals surface area contributed by atoms with Gasteiger partial charge in [-0.05, 0) is 23.3 Å². The minimum Gasteiger partial charge on any atom is -0.496 e. The van der Waals surface area contributed by atoms with Gasteiger partial charge < -0.3 is 9.15 Å². The molecule has 0 aliphatic heterocycles. The van der Waals surface area contributed by atoms with Gasteiger partial charge in [-0.1, -0.05) is 97.1 Å². The Kier molecular flexibility index (Phi) is 5.61. The van der Waals surface area contributed by atoms with Gasteiger partial charge in [0, 0.05) is 22.6 Å². The van der Waals surface area contributed by atoms with Crippen molar-refractivity contribution in [3.05, 3.63) is 120 Å². The predicted octanol–water partition coefficient (Wildman–Crippen LogP) is 7.67. The van der Waals surface area contributed by atoms with Gasteiger partial charge >= 0.3 is 0 Å². The van der Waals surface area contributed by atoms with Gasteiger partial charge in [0.25, 0.3) is 0 Å². The van der Waals surface area contributed by atoms with Crippen LogP contribution in [0.2, 0.25) is 0 Å². The van der Waals surface area contributed by atoms with Gasteiger partial charge in [-0.15, -0.1) is 0 Å². The molecule has 0 aliphatic rings. The van der Waals surface area contributed by atoms with E-state index in [1.165, 1.54) is 0 Å². The van der Waals surface area contributed by atoms with Gasteiger partial charge in [-0.2, -0.15) is 0 Å². The molecule has 160 valence electrons. The number of hydrogen-bond acceptors (Lipinski definition) is 3. The van der Waals surface area contributed by atoms with E-state index in [1.54, 1.807) is 19.3 Å². The number of methoxy groups -OCH3 is 1. The third-order valence-corrected chi connectivity index (χ3v) is 5.60. The topological polar surface area (TPSA) is 39.4 Å². The standard InChI is InChI=1S/C30H22O3/c1-32-27-20-28-25(19-24(27)26(31)18-17-21-11-5-2-6-12-21)29(22-13-7-3-8-14-22)30(33-28)23-15-9-4-10-16-23/h2-20H,1H3. The highest BCUT2D eigenvalue weighted by atomic mass is 16.5. The van der Waals surface area contributed by atoms with E-state index in [2.05, 4.69) is 12.1 Å². The molecule has 0 fully saturated rings. The minimum atomic E-state index is -0.126. The number of allylic oxidation sites excluding steroid dienone is 1. The van der Waals surface area contributed by atoms with E-state index in [0.717, 1.165) is 33.4 Å². The molecule has 5 aromatic rings. The number of carbonyl (C=O) groups is 1. The van der Waals surface area contributed by atoms with Crippen LogP contribution in [0.25, 0.3) is 39.5 Å². The number of ether oxygens (including phenoxy) is 1. The lowest BCUT2D eigenvalue weighted by Crippen LogP contribution is -1.99. The number of hydrogen-bond donors (Lipinski definition) is 0. The quantitative estimate of drug-likeness (QED) is 0.205. The van der Waals surface area contributed by atoms with E-state index in [1.807, 2.05) is 91.0 Å². The smallest absolute Gasteiger partial charge is 0.189 e. The van der Waals surface area contributed by atoms with Gasteiger partial charge in [0.05, 0.1) is 12.7 Å². The van der Waals surface area contributed by atoms with Crippen molar-refractivity contribution in [1.29, 1.82) is 0 Å². The fourth-order valence-corrected chi connectivity index (χ4v) is 4.00. The molecule has 3 heteroatoms. The summed E-state index contributed by atoms with van der Waals surface area (Å²) in [7, 11) is 1.57. The SMILES string of the molecule is COc1cc2oc(-c3ccccc3)c(-c3ccccc3)c2cc1C(=O)C=Cc1ccccc1. The lowest BCUT2D eigenvalue weighted by molar-refractivity contribution is 0.104. The van der Waals surface area contributed by atoms with Crippen molar-refractivity contribution in [3.63, 3.8) is 0 Å². The highest BCUT2D eigenvalue weighted by Gasteiger charge is 2.21. The minimum absolute atomic E-state index is 0.126. The first-order chi connectivity index (χ1) is 16.2. The Bertz CT molecular complexity index is 1430. The number of fused-ring (bicyclic) bond motifs is 1. The monoisotopic (exact) mass is 430 g/mol. The molecule has 0 aliphatic carbocycles. The Balaban J connectivity index is 1.69. The molecule has 0 saturated heterocycles. The second kappa shape index (κ2) is 9.01. The number of furan rings is 1. The molecule has 33 heavy (non-hydrogen) atoms. The van der Waals surface area contributed by atoms with Crippen LogP contribution in [0.5, 0.6) is 5.75 Å². The van der Waals surface area contributed by atoms with Crippen molar-refractivity contribution in [2.24, 2.45) is 0 Å². The fraction of sp³-hybridized carbons (Fsp3) is 0.0333. The normalized spacial score (nSPS) is 11.2. The molecule has 0 radical (unpaired) electrons. The van der Waals surface area contributed by atoms with E-state index < -0.39 is 0 Å². The molecule has 3 nitrogen and oxygen atoms in total. The largest absolute Gasteiger partial charge is 0.496 e. The molecule has 0 atom stereocenters. The van der Waals surface area contributed by atoms with Crippen LogP contribution in [0.15, 0.2) is 114 Å². The van der Waals surface area contributed by atoms with Crippen molar-refractivity contribution < 1.29 is 13.9 Å². The Labute approximate surface area is 192 Å². The molecular weight excluding hydrogens is 408 g/mol. The second-order valence-corrected chi connectivity index (χ2v) is 7.70. The van der Waals surface area contributed by atoms with Crippen LogP contribution in [0.4, 0.5) is 0 Å². The van der Waals surface area contributed by atoms with E-state index in [0.29, 0.717) is 16.9 Å². The fourth-order valence-electron chi connectivity index (χ4n) is 4.00. The van der Waals surface area contributed by atoms with Crippen LogP contribution in [0.3, 0.4) is 0 Å². The highest BCUT2D eigenvalue weighted by molar-refractivity contribution is 6.13. The van der Waals surface area contributed by atoms with Crippen LogP contribution in [0.1, 0.15) is 15.9 Å². The van der Waals surface area contributed by atoms with Crippen LogP contribution >= 0.6 is 0 Å². The Morgan fingerprint density at radius 1 is 0.788 bits per heavy atom. The first kappa shape index (κ1) is 20.5. The molecule has 4 aromatic carbocycles. The van der Waals surface area contributed by atoms with Gasteiger partial charge in [0.1, 0.15) is 17.1 Å². The summed E-state index contributed by atoms with van der Waals surface area (Å²) in [4.78, 5) is 13.2. The lowest BCUT2D eigenvalue weighted by Gasteiger charge is -2.07. The van der Waals surface area contributed by atoms with Gasteiger partial charge in [-0.25, -0.2) is 0 Å². The first-order valence-electron chi connectivity index (χ1n) is 10.8. The van der Waals surface area contributed by atoms with Crippen LogP contribution < -0.4 is 4.74 Å². The summed E-state index contributed by atoms with van der Waals surface area (Å²) < 4.78 is 11.9. The summed E-state index contributed by atoms with van der Waals surface area (Å²) in [5, 5.41) is 0.873. The zero-order chi connectivity index (χ0) is 22.6. The summed E-state index contributed by atoms with van der Waals surface area (Å²) in [6, 6.07) is 33.5. The van der Waals surface area contributed by atoms with Crippen molar-refractivity contribution in [1.82, 2.24) is 0 Å². The maximum absolute atomic E-state index is 13.2. The Morgan fingerprint density at radius 3 is 2.03 bits per heavy atom. The molecule has 0 bridgehead atoms. The third-order valence-electron chi connectivity index (χ3n) is 5.60. The average molecular weight is 431 g/mol. The van der Waals surface area contributed by atoms with Gasteiger partial charge in [-0.3, -0.25) is 4.79 Å². The molecule has 1 heterocycles. The maximum Gasteiger partial charge on any atom is 0.189 e. The molecule has 0 N–H and O–H groups in total. The van der Waals surface area contributed by atoms with Crippen molar-refractivity contribution >= 4 is 22.8 Å². The van der Waals surface area contributed by atoms with E-state index in [-0.39, 0.29) is 5.78 Å². The molecule has 1 aromatic heterocycles. The van der Waals surface area contributed by atoms with Crippen LogP contribution in [-0.4, -0.2) is 12.9 Å². The van der Waals surface area contributed by atoms with E-state index in [9.17, 15) is 4.79 Å². The summed E-state index contributed by atoms with van der Waals surface area (Å²) in [6.45, 7) is 0. The summed E-state index contributed by atoms with van der Waals surface area (Å²) in [5.74, 6) is 1.13. The van der Waals surface area contributed by atoms with Crippen molar-refractivity contribution in [2.45, 2.75) is 0 Å². The maximum atomic E-state index is 13.2.